The van der Waals surface area contributed by atoms with Gasteiger partial charge in [-0.05, 0) is 84.9 Å². The zero-order valence-electron chi connectivity index (χ0n) is 17.6. The Hall–Kier alpha value is -2.38. The average Bonchev–Trinajstić information content (AvgIpc) is 3.38. The van der Waals surface area contributed by atoms with Crippen molar-refractivity contribution in [3.8, 4) is 0 Å². The Morgan fingerprint density at radius 3 is 2.13 bits per heavy atom. The summed E-state index contributed by atoms with van der Waals surface area (Å²) >= 11 is 1.30. The van der Waals surface area contributed by atoms with Crippen molar-refractivity contribution < 1.29 is 9.72 Å². The lowest BCUT2D eigenvalue weighted by Gasteiger charge is -2.16. The Morgan fingerprint density at radius 2 is 1.60 bits per heavy atom. The molecule has 1 amide bonds. The van der Waals surface area contributed by atoms with Crippen molar-refractivity contribution in [1.82, 2.24) is 4.72 Å². The minimum Gasteiger partial charge on any atom is -0.324 e. The summed E-state index contributed by atoms with van der Waals surface area (Å²) in [5.41, 5.74) is 6.57. The van der Waals surface area contributed by atoms with Gasteiger partial charge in [0.1, 0.15) is 0 Å². The fourth-order valence-corrected chi connectivity index (χ4v) is 4.61. The normalized spacial score (nSPS) is 13.8. The summed E-state index contributed by atoms with van der Waals surface area (Å²) in [4.78, 5) is 23.6. The number of aryl methyl sites for hydroxylation is 2. The number of nitro benzene ring substituents is 1. The predicted octanol–water partition coefficient (Wildman–Crippen LogP) is 5.22. The largest absolute Gasteiger partial charge is 0.324 e. The van der Waals surface area contributed by atoms with Crippen molar-refractivity contribution >= 4 is 29.2 Å². The van der Waals surface area contributed by atoms with E-state index in [1.54, 1.807) is 12.1 Å². The first-order chi connectivity index (χ1) is 14.5. The van der Waals surface area contributed by atoms with E-state index in [1.165, 1.54) is 52.8 Å². The first kappa shape index (κ1) is 22.3. The first-order valence-corrected chi connectivity index (χ1v) is 11.5. The van der Waals surface area contributed by atoms with Crippen molar-refractivity contribution in [1.29, 1.82) is 0 Å². The van der Waals surface area contributed by atoms with E-state index in [9.17, 15) is 14.9 Å². The maximum atomic E-state index is 12.5. The lowest BCUT2D eigenvalue weighted by molar-refractivity contribution is -0.384. The molecule has 0 heterocycles. The van der Waals surface area contributed by atoms with Gasteiger partial charge in [0, 0.05) is 22.7 Å². The first-order valence-electron chi connectivity index (χ1n) is 10.6. The number of nitro groups is 1. The molecular weight excluding hydrogens is 398 g/mol. The van der Waals surface area contributed by atoms with Gasteiger partial charge in [-0.15, -0.1) is 0 Å². The maximum absolute atomic E-state index is 12.5. The van der Waals surface area contributed by atoms with E-state index in [-0.39, 0.29) is 18.1 Å². The summed E-state index contributed by atoms with van der Waals surface area (Å²) in [7, 11) is 0. The van der Waals surface area contributed by atoms with Gasteiger partial charge in [-0.1, -0.05) is 26.3 Å². The number of hydrogen-bond acceptors (Lipinski definition) is 5. The number of nitrogens with one attached hydrogen (secondary N) is 2. The van der Waals surface area contributed by atoms with Gasteiger partial charge in [-0.3, -0.25) is 19.6 Å². The molecule has 0 spiro atoms. The second kappa shape index (κ2) is 10.6. The third-order valence-electron chi connectivity index (χ3n) is 5.21. The van der Waals surface area contributed by atoms with Crippen molar-refractivity contribution in [3.63, 3.8) is 0 Å². The number of amides is 1. The molecule has 4 rings (SSSR count). The Morgan fingerprint density at radius 1 is 1.03 bits per heavy atom. The molecule has 0 fully saturated rings. The van der Waals surface area contributed by atoms with Crippen LogP contribution in [0.2, 0.25) is 0 Å². The molecule has 2 aliphatic rings. The van der Waals surface area contributed by atoms with Gasteiger partial charge in [0.15, 0.2) is 0 Å². The number of hydrogen-bond donors (Lipinski definition) is 2. The molecule has 0 saturated heterocycles. The lowest BCUT2D eigenvalue weighted by Crippen LogP contribution is -2.25. The van der Waals surface area contributed by atoms with Crippen LogP contribution in [0.4, 0.5) is 11.4 Å². The maximum Gasteiger partial charge on any atom is 0.269 e. The van der Waals surface area contributed by atoms with Crippen LogP contribution in [0.25, 0.3) is 0 Å². The summed E-state index contributed by atoms with van der Waals surface area (Å²) in [5, 5.41) is 13.8. The minimum absolute atomic E-state index is 0.0567. The molecule has 0 aliphatic heterocycles. The third kappa shape index (κ3) is 5.40. The molecular formula is C23H29N3O3S. The molecule has 30 heavy (non-hydrogen) atoms. The number of anilines is 1. The number of fused-ring (bicyclic) bond motifs is 2. The summed E-state index contributed by atoms with van der Waals surface area (Å²) in [6, 6.07) is 8.61. The Labute approximate surface area is 182 Å². The van der Waals surface area contributed by atoms with Crippen LogP contribution in [-0.2, 0) is 30.5 Å². The lowest BCUT2D eigenvalue weighted by atomic mass is 9.98. The number of rotatable bonds is 6. The number of carbonyl (C=O) groups is 1. The van der Waals surface area contributed by atoms with Crippen LogP contribution in [0.15, 0.2) is 35.2 Å². The van der Waals surface area contributed by atoms with E-state index < -0.39 is 4.92 Å². The van der Waals surface area contributed by atoms with Crippen LogP contribution in [0.5, 0.6) is 0 Å². The van der Waals surface area contributed by atoms with E-state index in [0.29, 0.717) is 0 Å². The molecule has 0 radical (unpaired) electrons. The van der Waals surface area contributed by atoms with E-state index in [2.05, 4.69) is 30.0 Å². The summed E-state index contributed by atoms with van der Waals surface area (Å²) in [5.74, 6) is -0.0567. The van der Waals surface area contributed by atoms with Crippen molar-refractivity contribution in [3.05, 3.63) is 62.7 Å². The van der Waals surface area contributed by atoms with E-state index >= 15 is 0 Å². The van der Waals surface area contributed by atoms with E-state index in [0.717, 1.165) is 49.1 Å². The van der Waals surface area contributed by atoms with Crippen LogP contribution in [0.1, 0.15) is 55.4 Å². The third-order valence-corrected chi connectivity index (χ3v) is 6.00. The second-order valence-electron chi connectivity index (χ2n) is 7.66. The topological polar surface area (TPSA) is 84.3 Å². The quantitative estimate of drug-likeness (QED) is 0.375. The number of carbonyl (C=O) groups excluding carboxylic acids is 1. The fourth-order valence-electron chi connectivity index (χ4n) is 3.97. The van der Waals surface area contributed by atoms with Gasteiger partial charge in [0.25, 0.3) is 5.69 Å². The molecule has 0 atom stereocenters. The summed E-state index contributed by atoms with van der Waals surface area (Å²) < 4.78 is 3.04. The zero-order valence-corrected chi connectivity index (χ0v) is 18.4. The molecule has 0 aromatic heterocycles. The molecule has 6 nitrogen and oxygen atoms in total. The molecule has 0 saturated carbocycles. The van der Waals surface area contributed by atoms with Crippen LogP contribution in [-0.4, -0.2) is 17.4 Å². The highest BCUT2D eigenvalue weighted by molar-refractivity contribution is 7.97. The number of benzene rings is 2. The summed E-state index contributed by atoms with van der Waals surface area (Å²) in [6.07, 6.45) is 7.89. The molecule has 2 aliphatic carbocycles. The van der Waals surface area contributed by atoms with Crippen molar-refractivity contribution in [2.45, 2.75) is 63.7 Å². The SMILES string of the molecule is CCC.O=C(CNSc1ccc([N+](=O)[O-])cc1)Nc1c2c(cc3c1CCC3)CCC2. The molecule has 0 unspecified atom stereocenters. The highest BCUT2D eigenvalue weighted by atomic mass is 32.2. The van der Waals surface area contributed by atoms with E-state index in [1.807, 2.05) is 0 Å². The van der Waals surface area contributed by atoms with Crippen LogP contribution < -0.4 is 10.0 Å². The summed E-state index contributed by atoms with van der Waals surface area (Å²) in [6.45, 7) is 4.43. The standard InChI is InChI=1S/C20H21N3O3S.C3H8/c24-19(12-21-27-16-9-7-15(8-10-16)23(25)26)22-20-17-5-1-3-13(17)11-14-4-2-6-18(14)20;1-3-2/h7-11,21H,1-6,12H2,(H,22,24);3H2,1-2H3. The van der Waals surface area contributed by atoms with Crippen LogP contribution >= 0.6 is 11.9 Å². The molecule has 160 valence electrons. The average molecular weight is 428 g/mol. The highest BCUT2D eigenvalue weighted by Gasteiger charge is 2.24. The fraction of sp³-hybridized carbons (Fsp3) is 0.435. The Bertz CT molecular complexity index is 881. The molecule has 7 heteroatoms. The second-order valence-corrected chi connectivity index (χ2v) is 8.63. The van der Waals surface area contributed by atoms with Gasteiger partial charge < -0.3 is 5.32 Å². The van der Waals surface area contributed by atoms with Crippen molar-refractivity contribution in [2.75, 3.05) is 11.9 Å². The zero-order chi connectivity index (χ0) is 21.5. The molecule has 2 aromatic carbocycles. The van der Waals surface area contributed by atoms with Gasteiger partial charge in [-0.2, -0.15) is 0 Å². The van der Waals surface area contributed by atoms with Crippen LogP contribution in [0.3, 0.4) is 0 Å². The molecule has 2 aromatic rings. The molecule has 2 N–H and O–H groups in total. The minimum atomic E-state index is -0.425. The number of nitrogens with zero attached hydrogens (tertiary/aromatic N) is 1. The van der Waals surface area contributed by atoms with Crippen LogP contribution in [0, 0.1) is 10.1 Å². The van der Waals surface area contributed by atoms with Gasteiger partial charge in [0.05, 0.1) is 11.5 Å². The number of non-ortho nitro benzene ring substituents is 1. The smallest absolute Gasteiger partial charge is 0.269 e. The Kier molecular flexibility index (Phi) is 7.87. The predicted molar refractivity (Wildman–Crippen MR) is 122 cm³/mol. The van der Waals surface area contributed by atoms with Gasteiger partial charge >= 0.3 is 0 Å². The highest BCUT2D eigenvalue weighted by Crippen LogP contribution is 2.38. The van der Waals surface area contributed by atoms with E-state index in [4.69, 9.17) is 0 Å². The monoisotopic (exact) mass is 427 g/mol. The van der Waals surface area contributed by atoms with Gasteiger partial charge in [0.2, 0.25) is 5.91 Å². The molecule has 0 bridgehead atoms. The Balaban J connectivity index is 0.000000806. The van der Waals surface area contributed by atoms with Gasteiger partial charge in [-0.25, -0.2) is 0 Å². The van der Waals surface area contributed by atoms with Crippen molar-refractivity contribution in [2.24, 2.45) is 0 Å².